The third-order valence-corrected chi connectivity index (χ3v) is 7.93. The highest BCUT2D eigenvalue weighted by Gasteiger charge is 2.34. The van der Waals surface area contributed by atoms with Crippen LogP contribution in [-0.4, -0.2) is 31.7 Å². The summed E-state index contributed by atoms with van der Waals surface area (Å²) in [6.45, 7) is 4.39. The van der Waals surface area contributed by atoms with Crippen molar-refractivity contribution in [3.63, 3.8) is 0 Å². The Balaban J connectivity index is 1.70. The van der Waals surface area contributed by atoms with Gasteiger partial charge in [-0.1, -0.05) is 47.5 Å². The number of nitrogens with zero attached hydrogens (tertiary/aromatic N) is 1. The Morgan fingerprint density at radius 1 is 1.00 bits per heavy atom. The van der Waals surface area contributed by atoms with Crippen LogP contribution in [0.5, 0.6) is 0 Å². The minimum atomic E-state index is -3.81. The normalized spacial score (nSPS) is 16.1. The van der Waals surface area contributed by atoms with Crippen molar-refractivity contribution in [1.82, 2.24) is 4.31 Å². The molecule has 1 fully saturated rings. The number of carbonyl (C=O) groups is 1. The second-order valence-corrected chi connectivity index (χ2v) is 9.67. The molecule has 150 valence electrons. The standard InChI is InChI=1S/C20H22Cl2N2O3S/c1-13-5-3-6-14(2)18(13)23-20(25)15-9-11-24(12-10-15)28(26,27)19-16(21)7-4-8-17(19)22/h3-8,15H,9-12H2,1-2H3,(H,23,25). The molecule has 1 aliphatic heterocycles. The molecule has 0 unspecified atom stereocenters. The summed E-state index contributed by atoms with van der Waals surface area (Å²) in [5.41, 5.74) is 2.83. The lowest BCUT2D eigenvalue weighted by molar-refractivity contribution is -0.120. The molecule has 0 radical (unpaired) electrons. The van der Waals surface area contributed by atoms with E-state index in [0.29, 0.717) is 12.8 Å². The summed E-state index contributed by atoms with van der Waals surface area (Å²) in [6.07, 6.45) is 0.885. The molecule has 0 bridgehead atoms. The number of sulfonamides is 1. The zero-order valence-electron chi connectivity index (χ0n) is 15.7. The molecular formula is C20H22Cl2N2O3S. The number of hydrogen-bond acceptors (Lipinski definition) is 3. The van der Waals surface area contributed by atoms with Crippen LogP contribution in [0, 0.1) is 19.8 Å². The fourth-order valence-corrected chi connectivity index (χ4v) is 6.01. The van der Waals surface area contributed by atoms with E-state index in [0.717, 1.165) is 16.8 Å². The van der Waals surface area contributed by atoms with Crippen LogP contribution in [0.1, 0.15) is 24.0 Å². The van der Waals surface area contributed by atoms with Crippen molar-refractivity contribution in [2.45, 2.75) is 31.6 Å². The molecular weight excluding hydrogens is 419 g/mol. The predicted octanol–water partition coefficient (Wildman–Crippen LogP) is 4.65. The van der Waals surface area contributed by atoms with Gasteiger partial charge in [-0.15, -0.1) is 0 Å². The van der Waals surface area contributed by atoms with Crippen LogP contribution in [0.15, 0.2) is 41.3 Å². The first-order valence-electron chi connectivity index (χ1n) is 9.03. The number of benzene rings is 2. The first-order valence-corrected chi connectivity index (χ1v) is 11.2. The number of hydrogen-bond donors (Lipinski definition) is 1. The molecule has 5 nitrogen and oxygen atoms in total. The van der Waals surface area contributed by atoms with Gasteiger partial charge in [-0.2, -0.15) is 4.31 Å². The van der Waals surface area contributed by atoms with Gasteiger partial charge in [-0.25, -0.2) is 8.42 Å². The maximum atomic E-state index is 12.9. The average Bonchev–Trinajstić information content (AvgIpc) is 2.64. The van der Waals surface area contributed by atoms with E-state index in [1.165, 1.54) is 16.4 Å². The molecule has 0 aromatic heterocycles. The van der Waals surface area contributed by atoms with Crippen molar-refractivity contribution in [3.05, 3.63) is 57.6 Å². The van der Waals surface area contributed by atoms with E-state index < -0.39 is 10.0 Å². The van der Waals surface area contributed by atoms with Crippen LogP contribution < -0.4 is 5.32 Å². The van der Waals surface area contributed by atoms with Crippen LogP contribution in [0.2, 0.25) is 10.0 Å². The van der Waals surface area contributed by atoms with Crippen LogP contribution in [-0.2, 0) is 14.8 Å². The van der Waals surface area contributed by atoms with Crippen molar-refractivity contribution in [1.29, 1.82) is 0 Å². The van der Waals surface area contributed by atoms with Crippen LogP contribution in [0.4, 0.5) is 5.69 Å². The van der Waals surface area contributed by atoms with E-state index in [4.69, 9.17) is 23.2 Å². The highest BCUT2D eigenvalue weighted by molar-refractivity contribution is 7.89. The van der Waals surface area contributed by atoms with Crippen molar-refractivity contribution in [2.75, 3.05) is 18.4 Å². The number of amides is 1. The number of halogens is 2. The van der Waals surface area contributed by atoms with Gasteiger partial charge in [0.1, 0.15) is 4.90 Å². The molecule has 28 heavy (non-hydrogen) atoms. The van der Waals surface area contributed by atoms with E-state index in [9.17, 15) is 13.2 Å². The Kier molecular flexibility index (Phi) is 6.34. The maximum absolute atomic E-state index is 12.9. The van der Waals surface area contributed by atoms with Crippen molar-refractivity contribution in [2.24, 2.45) is 5.92 Å². The quantitative estimate of drug-likeness (QED) is 0.751. The van der Waals surface area contributed by atoms with E-state index in [1.807, 2.05) is 32.0 Å². The lowest BCUT2D eigenvalue weighted by atomic mass is 9.96. The van der Waals surface area contributed by atoms with Gasteiger partial charge in [0.25, 0.3) is 0 Å². The molecule has 1 aliphatic rings. The fourth-order valence-electron chi connectivity index (χ4n) is 3.45. The summed E-state index contributed by atoms with van der Waals surface area (Å²) in [7, 11) is -3.81. The predicted molar refractivity (Wildman–Crippen MR) is 112 cm³/mol. The highest BCUT2D eigenvalue weighted by Crippen LogP contribution is 2.33. The third-order valence-electron chi connectivity index (χ3n) is 5.07. The number of para-hydroxylation sites is 1. The zero-order valence-corrected chi connectivity index (χ0v) is 18.0. The van der Waals surface area contributed by atoms with Crippen LogP contribution in [0.25, 0.3) is 0 Å². The third kappa shape index (κ3) is 4.20. The summed E-state index contributed by atoms with van der Waals surface area (Å²) in [4.78, 5) is 12.6. The molecule has 0 aliphatic carbocycles. The minimum Gasteiger partial charge on any atom is -0.325 e. The van der Waals surface area contributed by atoms with Crippen molar-refractivity contribution < 1.29 is 13.2 Å². The van der Waals surface area contributed by atoms with Crippen LogP contribution in [0.3, 0.4) is 0 Å². The van der Waals surface area contributed by atoms with Gasteiger partial charge in [-0.3, -0.25) is 4.79 Å². The number of carbonyl (C=O) groups excluding carboxylic acids is 1. The van der Waals surface area contributed by atoms with Gasteiger partial charge in [0, 0.05) is 24.7 Å². The Hall–Kier alpha value is -1.60. The van der Waals surface area contributed by atoms with Gasteiger partial charge in [0.15, 0.2) is 0 Å². The molecule has 1 saturated heterocycles. The molecule has 1 N–H and O–H groups in total. The van der Waals surface area contributed by atoms with Crippen LogP contribution >= 0.6 is 23.2 Å². The molecule has 0 spiro atoms. The van der Waals surface area contributed by atoms with E-state index in [-0.39, 0.29) is 39.9 Å². The van der Waals surface area contributed by atoms with Gasteiger partial charge in [0.05, 0.1) is 10.0 Å². The zero-order chi connectivity index (χ0) is 20.5. The lowest BCUT2D eigenvalue weighted by Gasteiger charge is -2.31. The van der Waals surface area contributed by atoms with Gasteiger partial charge < -0.3 is 5.32 Å². The SMILES string of the molecule is Cc1cccc(C)c1NC(=O)C1CCN(S(=O)(=O)c2c(Cl)cccc2Cl)CC1. The monoisotopic (exact) mass is 440 g/mol. The second kappa shape index (κ2) is 8.41. The summed E-state index contributed by atoms with van der Waals surface area (Å²) < 4.78 is 27.2. The molecule has 0 saturated carbocycles. The second-order valence-electron chi connectivity index (χ2n) is 6.99. The number of rotatable bonds is 4. The summed E-state index contributed by atoms with van der Waals surface area (Å²) >= 11 is 12.2. The molecule has 3 rings (SSSR count). The Labute approximate surface area is 175 Å². The maximum Gasteiger partial charge on any atom is 0.246 e. The fraction of sp³-hybridized carbons (Fsp3) is 0.350. The van der Waals surface area contributed by atoms with E-state index >= 15 is 0 Å². The minimum absolute atomic E-state index is 0.0724. The summed E-state index contributed by atoms with van der Waals surface area (Å²) in [5.74, 6) is -0.322. The number of piperidine rings is 1. The molecule has 8 heteroatoms. The molecule has 1 amide bonds. The Bertz CT molecular complexity index is 960. The van der Waals surface area contributed by atoms with E-state index in [1.54, 1.807) is 6.07 Å². The first-order chi connectivity index (χ1) is 13.2. The number of nitrogens with one attached hydrogen (secondary N) is 1. The smallest absolute Gasteiger partial charge is 0.246 e. The lowest BCUT2D eigenvalue weighted by Crippen LogP contribution is -2.41. The van der Waals surface area contributed by atoms with Gasteiger partial charge in [0.2, 0.25) is 15.9 Å². The number of aryl methyl sites for hydroxylation is 2. The first kappa shape index (κ1) is 21.1. The van der Waals surface area contributed by atoms with Crippen molar-refractivity contribution >= 4 is 44.8 Å². The molecule has 1 heterocycles. The van der Waals surface area contributed by atoms with Gasteiger partial charge >= 0.3 is 0 Å². The summed E-state index contributed by atoms with van der Waals surface area (Å²) in [5, 5.41) is 3.20. The summed E-state index contributed by atoms with van der Waals surface area (Å²) in [6, 6.07) is 10.5. The molecule has 2 aromatic rings. The number of anilines is 1. The highest BCUT2D eigenvalue weighted by atomic mass is 35.5. The van der Waals surface area contributed by atoms with Gasteiger partial charge in [-0.05, 0) is 49.9 Å². The van der Waals surface area contributed by atoms with E-state index in [2.05, 4.69) is 5.32 Å². The Morgan fingerprint density at radius 3 is 2.04 bits per heavy atom. The largest absolute Gasteiger partial charge is 0.325 e. The molecule has 0 atom stereocenters. The Morgan fingerprint density at radius 2 is 1.50 bits per heavy atom. The molecule has 2 aromatic carbocycles. The topological polar surface area (TPSA) is 66.5 Å². The van der Waals surface area contributed by atoms with Crippen molar-refractivity contribution in [3.8, 4) is 0 Å². The average molecular weight is 441 g/mol.